The highest BCUT2D eigenvalue weighted by molar-refractivity contribution is 5.52. The Morgan fingerprint density at radius 2 is 2.08 bits per heavy atom. The van der Waals surface area contributed by atoms with Crippen molar-refractivity contribution < 1.29 is 0 Å². The van der Waals surface area contributed by atoms with Gasteiger partial charge in [0.2, 0.25) is 0 Å². The molecule has 0 saturated heterocycles. The number of hydrogen-bond donors (Lipinski definition) is 0. The van der Waals surface area contributed by atoms with E-state index in [0.29, 0.717) is 5.92 Å². The lowest BCUT2D eigenvalue weighted by molar-refractivity contribution is 0.664. The minimum absolute atomic E-state index is 0.652. The average Bonchev–Trinajstić information content (AvgIpc) is 2.18. The summed E-state index contributed by atoms with van der Waals surface area (Å²) in [4.78, 5) is 0. The maximum absolute atomic E-state index is 3.83. The van der Waals surface area contributed by atoms with Gasteiger partial charge in [0, 0.05) is 0 Å². The normalized spacial score (nSPS) is 12.5. The third kappa shape index (κ3) is 2.45. The molecule has 0 aliphatic carbocycles. The summed E-state index contributed by atoms with van der Waals surface area (Å²) in [6, 6.07) is 8.51. The van der Waals surface area contributed by atoms with Crippen LogP contribution in [0.25, 0.3) is 6.08 Å². The molecule has 1 rings (SSSR count). The summed E-state index contributed by atoms with van der Waals surface area (Å²) in [5, 5.41) is 0. The maximum Gasteiger partial charge on any atom is -0.0185 e. The molecular weight excluding hydrogens is 156 g/mol. The fourth-order valence-electron chi connectivity index (χ4n) is 1.73. The van der Waals surface area contributed by atoms with Gasteiger partial charge in [-0.05, 0) is 23.5 Å². The van der Waals surface area contributed by atoms with Gasteiger partial charge in [-0.15, -0.1) is 0 Å². The van der Waals surface area contributed by atoms with E-state index in [4.69, 9.17) is 0 Å². The van der Waals surface area contributed by atoms with Gasteiger partial charge in [0.05, 0.1) is 0 Å². The molecule has 0 fully saturated rings. The summed E-state index contributed by atoms with van der Waals surface area (Å²) >= 11 is 0. The summed E-state index contributed by atoms with van der Waals surface area (Å²) < 4.78 is 0. The molecule has 0 saturated carbocycles. The van der Waals surface area contributed by atoms with Crippen molar-refractivity contribution in [2.24, 2.45) is 0 Å². The SMILES string of the molecule is C=Cc1ccccc1C(C)CCC. The zero-order valence-corrected chi connectivity index (χ0v) is 8.59. The van der Waals surface area contributed by atoms with Crippen LogP contribution in [-0.2, 0) is 0 Å². The van der Waals surface area contributed by atoms with Crippen molar-refractivity contribution in [2.45, 2.75) is 32.6 Å². The van der Waals surface area contributed by atoms with Crippen LogP contribution >= 0.6 is 0 Å². The lowest BCUT2D eigenvalue weighted by atomic mass is 9.92. The minimum Gasteiger partial charge on any atom is -0.0985 e. The topological polar surface area (TPSA) is 0 Å². The highest BCUT2D eigenvalue weighted by atomic mass is 14.1. The second kappa shape index (κ2) is 4.86. The molecule has 0 aliphatic rings. The Bertz CT molecular complexity index is 273. The largest absolute Gasteiger partial charge is 0.0985 e. The lowest BCUT2D eigenvalue weighted by Gasteiger charge is -2.13. The fourth-order valence-corrected chi connectivity index (χ4v) is 1.73. The Kier molecular flexibility index (Phi) is 3.75. The first kappa shape index (κ1) is 10.0. The molecule has 13 heavy (non-hydrogen) atoms. The molecule has 0 heterocycles. The van der Waals surface area contributed by atoms with E-state index in [9.17, 15) is 0 Å². The van der Waals surface area contributed by atoms with E-state index < -0.39 is 0 Å². The van der Waals surface area contributed by atoms with Gasteiger partial charge in [-0.2, -0.15) is 0 Å². The van der Waals surface area contributed by atoms with Crippen LogP contribution in [0.1, 0.15) is 43.7 Å². The predicted molar refractivity (Wildman–Crippen MR) is 59.9 cm³/mol. The van der Waals surface area contributed by atoms with E-state index in [2.05, 4.69) is 44.7 Å². The molecule has 0 heteroatoms. The Balaban J connectivity index is 2.91. The number of rotatable bonds is 4. The highest BCUT2D eigenvalue weighted by Crippen LogP contribution is 2.24. The van der Waals surface area contributed by atoms with E-state index in [1.807, 2.05) is 6.08 Å². The molecule has 0 aromatic heterocycles. The fraction of sp³-hybridized carbons (Fsp3) is 0.385. The molecule has 0 N–H and O–H groups in total. The van der Waals surface area contributed by atoms with Crippen LogP contribution in [-0.4, -0.2) is 0 Å². The number of benzene rings is 1. The Morgan fingerprint density at radius 3 is 2.69 bits per heavy atom. The molecule has 0 amide bonds. The summed E-state index contributed by atoms with van der Waals surface area (Å²) in [7, 11) is 0. The zero-order valence-electron chi connectivity index (χ0n) is 8.59. The van der Waals surface area contributed by atoms with Gasteiger partial charge >= 0.3 is 0 Å². The second-order valence-corrected chi connectivity index (χ2v) is 3.52. The molecule has 1 aromatic rings. The van der Waals surface area contributed by atoms with Gasteiger partial charge in [-0.1, -0.05) is 57.2 Å². The average molecular weight is 174 g/mol. The van der Waals surface area contributed by atoms with Crippen molar-refractivity contribution in [3.63, 3.8) is 0 Å². The van der Waals surface area contributed by atoms with Crippen molar-refractivity contribution in [2.75, 3.05) is 0 Å². The smallest absolute Gasteiger partial charge is 0.0185 e. The third-order valence-electron chi connectivity index (χ3n) is 2.47. The van der Waals surface area contributed by atoms with Crippen LogP contribution < -0.4 is 0 Å². The van der Waals surface area contributed by atoms with Crippen molar-refractivity contribution >= 4 is 6.08 Å². The quantitative estimate of drug-likeness (QED) is 0.640. The molecule has 0 radical (unpaired) electrons. The summed E-state index contributed by atoms with van der Waals surface area (Å²) in [5.41, 5.74) is 2.71. The molecular formula is C13H18. The third-order valence-corrected chi connectivity index (χ3v) is 2.47. The summed E-state index contributed by atoms with van der Waals surface area (Å²) in [6.07, 6.45) is 4.44. The Labute approximate surface area is 81.3 Å². The lowest BCUT2D eigenvalue weighted by Crippen LogP contribution is -1.95. The molecule has 1 aromatic carbocycles. The van der Waals surface area contributed by atoms with E-state index in [0.717, 1.165) is 0 Å². The van der Waals surface area contributed by atoms with Crippen molar-refractivity contribution in [1.82, 2.24) is 0 Å². The first-order valence-electron chi connectivity index (χ1n) is 5.01. The van der Waals surface area contributed by atoms with E-state index in [1.165, 1.54) is 24.0 Å². The summed E-state index contributed by atoms with van der Waals surface area (Å²) in [5.74, 6) is 0.652. The molecule has 1 unspecified atom stereocenters. The molecule has 0 nitrogen and oxygen atoms in total. The monoisotopic (exact) mass is 174 g/mol. The molecule has 0 aliphatic heterocycles. The maximum atomic E-state index is 3.83. The first-order valence-corrected chi connectivity index (χ1v) is 5.01. The summed E-state index contributed by atoms with van der Waals surface area (Å²) in [6.45, 7) is 8.35. The van der Waals surface area contributed by atoms with Crippen LogP contribution in [0.2, 0.25) is 0 Å². The Morgan fingerprint density at radius 1 is 1.38 bits per heavy atom. The van der Waals surface area contributed by atoms with Crippen molar-refractivity contribution in [1.29, 1.82) is 0 Å². The van der Waals surface area contributed by atoms with Crippen LogP contribution in [0.15, 0.2) is 30.8 Å². The van der Waals surface area contributed by atoms with Gasteiger partial charge in [0.15, 0.2) is 0 Å². The van der Waals surface area contributed by atoms with Crippen molar-refractivity contribution in [3.05, 3.63) is 42.0 Å². The van der Waals surface area contributed by atoms with Gasteiger partial charge in [-0.25, -0.2) is 0 Å². The molecule has 70 valence electrons. The van der Waals surface area contributed by atoms with Gasteiger partial charge < -0.3 is 0 Å². The van der Waals surface area contributed by atoms with E-state index in [1.54, 1.807) is 0 Å². The second-order valence-electron chi connectivity index (χ2n) is 3.52. The number of hydrogen-bond acceptors (Lipinski definition) is 0. The standard InChI is InChI=1S/C13H18/c1-4-8-11(3)13-10-7-6-9-12(13)5-2/h5-7,9-11H,2,4,8H2,1,3H3. The predicted octanol–water partition coefficient (Wildman–Crippen LogP) is 4.23. The highest BCUT2D eigenvalue weighted by Gasteiger charge is 2.06. The van der Waals surface area contributed by atoms with Crippen LogP contribution in [0, 0.1) is 0 Å². The van der Waals surface area contributed by atoms with Crippen LogP contribution in [0.4, 0.5) is 0 Å². The van der Waals surface area contributed by atoms with Crippen LogP contribution in [0.5, 0.6) is 0 Å². The zero-order chi connectivity index (χ0) is 9.68. The van der Waals surface area contributed by atoms with Gasteiger partial charge in [0.1, 0.15) is 0 Å². The minimum atomic E-state index is 0.652. The van der Waals surface area contributed by atoms with Crippen molar-refractivity contribution in [3.8, 4) is 0 Å². The van der Waals surface area contributed by atoms with Gasteiger partial charge in [-0.3, -0.25) is 0 Å². The van der Waals surface area contributed by atoms with Crippen LogP contribution in [0.3, 0.4) is 0 Å². The van der Waals surface area contributed by atoms with E-state index in [-0.39, 0.29) is 0 Å². The molecule has 0 spiro atoms. The Hall–Kier alpha value is -1.04. The van der Waals surface area contributed by atoms with Gasteiger partial charge in [0.25, 0.3) is 0 Å². The first-order chi connectivity index (χ1) is 6.29. The molecule has 1 atom stereocenters. The van der Waals surface area contributed by atoms with E-state index >= 15 is 0 Å². The molecule has 0 bridgehead atoms.